The molecule has 1 saturated heterocycles. The van der Waals surface area contributed by atoms with Gasteiger partial charge in [0, 0.05) is 47.5 Å². The number of thioether (sulfide) groups is 1. The van der Waals surface area contributed by atoms with Gasteiger partial charge in [-0.1, -0.05) is 23.4 Å². The minimum Gasteiger partial charge on any atom is -0.379 e. The fourth-order valence-corrected chi connectivity index (χ4v) is 4.57. The predicted molar refractivity (Wildman–Crippen MR) is 119 cm³/mol. The van der Waals surface area contributed by atoms with E-state index in [4.69, 9.17) is 22.1 Å². The minimum absolute atomic E-state index is 0.121. The van der Waals surface area contributed by atoms with Crippen LogP contribution in [-0.2, 0) is 4.74 Å². The van der Waals surface area contributed by atoms with Crippen molar-refractivity contribution in [3.05, 3.63) is 47.5 Å². The number of fused-ring (bicyclic) bond motifs is 1. The maximum atomic E-state index is 12.3. The molecule has 0 saturated carbocycles. The van der Waals surface area contributed by atoms with Crippen LogP contribution in [0.4, 0.5) is 21.9 Å². The summed E-state index contributed by atoms with van der Waals surface area (Å²) in [5.74, 6) is 0. The molecule has 2 heterocycles. The Labute approximate surface area is 179 Å². The molecule has 1 unspecified atom stereocenters. The molecule has 2 amide bonds. The lowest BCUT2D eigenvalue weighted by Crippen LogP contribution is -2.44. The summed E-state index contributed by atoms with van der Waals surface area (Å²) < 4.78 is 5.41. The summed E-state index contributed by atoms with van der Waals surface area (Å²) in [5.41, 5.74) is 8.68. The molecule has 7 nitrogen and oxygen atoms in total. The van der Waals surface area contributed by atoms with Crippen molar-refractivity contribution in [2.24, 2.45) is 5.73 Å². The summed E-state index contributed by atoms with van der Waals surface area (Å²) in [7, 11) is 0. The van der Waals surface area contributed by atoms with E-state index in [-0.39, 0.29) is 11.5 Å². The number of morpholine rings is 1. The molecule has 0 spiro atoms. The van der Waals surface area contributed by atoms with Crippen molar-refractivity contribution in [1.82, 2.24) is 4.90 Å². The summed E-state index contributed by atoms with van der Waals surface area (Å²) in [6.45, 7) is 5.25. The van der Waals surface area contributed by atoms with Crippen LogP contribution in [-0.4, -0.2) is 55.8 Å². The number of amides is 2. The number of carbonyl (C=O) groups excluding carboxylic acids is 1. The maximum absolute atomic E-state index is 12.3. The number of nitrogens with one attached hydrogen (secondary N) is 2. The van der Waals surface area contributed by atoms with Gasteiger partial charge in [0.15, 0.2) is 0 Å². The average Bonchev–Trinajstić information content (AvgIpc) is 3.03. The van der Waals surface area contributed by atoms with E-state index in [1.165, 1.54) is 0 Å². The van der Waals surface area contributed by atoms with Crippen LogP contribution in [0, 0.1) is 0 Å². The molecule has 29 heavy (non-hydrogen) atoms. The number of hydrogen-bond donors (Lipinski definition) is 3. The third-order valence-corrected chi connectivity index (χ3v) is 6.29. The number of halogens is 1. The molecule has 1 atom stereocenters. The van der Waals surface area contributed by atoms with Gasteiger partial charge in [-0.25, -0.2) is 4.79 Å². The number of ether oxygens (including phenoxy) is 1. The number of anilines is 3. The fraction of sp³-hybridized carbons (Fsp3) is 0.350. The third kappa shape index (κ3) is 5.15. The monoisotopic (exact) mass is 433 g/mol. The van der Waals surface area contributed by atoms with Crippen molar-refractivity contribution in [2.75, 3.05) is 54.9 Å². The Morgan fingerprint density at radius 3 is 2.55 bits per heavy atom. The Kier molecular flexibility index (Phi) is 6.46. The largest absolute Gasteiger partial charge is 0.379 e. The van der Waals surface area contributed by atoms with Crippen molar-refractivity contribution in [2.45, 2.75) is 10.4 Å². The third-order valence-electron chi connectivity index (χ3n) is 4.94. The molecule has 9 heteroatoms. The topological polar surface area (TPSA) is 82.9 Å². The number of benzene rings is 2. The second-order valence-corrected chi connectivity index (χ2v) is 8.52. The second-order valence-electron chi connectivity index (χ2n) is 6.92. The first-order chi connectivity index (χ1) is 14.1. The Balaban J connectivity index is 1.39. The van der Waals surface area contributed by atoms with Gasteiger partial charge in [0.05, 0.1) is 18.9 Å². The first-order valence-electron chi connectivity index (χ1n) is 9.55. The molecule has 2 aromatic carbocycles. The van der Waals surface area contributed by atoms with E-state index in [0.717, 1.165) is 55.7 Å². The molecule has 2 aliphatic heterocycles. The highest BCUT2D eigenvalue weighted by atomic mass is 35.5. The average molecular weight is 434 g/mol. The van der Waals surface area contributed by atoms with Gasteiger partial charge in [0.2, 0.25) is 0 Å². The van der Waals surface area contributed by atoms with E-state index >= 15 is 0 Å². The fourth-order valence-electron chi connectivity index (χ4n) is 3.40. The Morgan fingerprint density at radius 2 is 1.79 bits per heavy atom. The lowest BCUT2D eigenvalue weighted by atomic mass is 10.2. The predicted octanol–water partition coefficient (Wildman–Crippen LogP) is 3.47. The summed E-state index contributed by atoms with van der Waals surface area (Å²) in [6.07, 6.45) is 0. The van der Waals surface area contributed by atoms with E-state index in [1.54, 1.807) is 36.0 Å². The van der Waals surface area contributed by atoms with Crippen LogP contribution in [0.1, 0.15) is 0 Å². The van der Waals surface area contributed by atoms with Crippen molar-refractivity contribution < 1.29 is 9.53 Å². The molecule has 4 N–H and O–H groups in total. The molecular formula is C20H24ClN5O2S. The van der Waals surface area contributed by atoms with Gasteiger partial charge in [-0.15, -0.1) is 0 Å². The minimum atomic E-state index is -0.304. The first kappa shape index (κ1) is 20.3. The molecule has 4 rings (SSSR count). The number of carbonyl (C=O) groups is 1. The Hall–Kier alpha value is -1.97. The van der Waals surface area contributed by atoms with E-state index in [0.29, 0.717) is 10.7 Å². The first-order valence-corrected chi connectivity index (χ1v) is 10.8. The van der Waals surface area contributed by atoms with Crippen LogP contribution in [0.5, 0.6) is 0 Å². The SMILES string of the molecule is NC1Sc2ccc(NC(=O)Nc3ccc(Cl)cc3)cc2N1CCN1CCOCC1. The van der Waals surface area contributed by atoms with Gasteiger partial charge < -0.3 is 26.0 Å². The number of hydrogen-bond acceptors (Lipinski definition) is 6. The van der Waals surface area contributed by atoms with Gasteiger partial charge in [-0.2, -0.15) is 0 Å². The summed E-state index contributed by atoms with van der Waals surface area (Å²) in [4.78, 5) is 18.0. The van der Waals surface area contributed by atoms with Crippen LogP contribution < -0.4 is 21.3 Å². The van der Waals surface area contributed by atoms with Gasteiger partial charge in [-0.3, -0.25) is 4.90 Å². The van der Waals surface area contributed by atoms with Crippen molar-refractivity contribution in [3.63, 3.8) is 0 Å². The zero-order valence-corrected chi connectivity index (χ0v) is 17.5. The summed E-state index contributed by atoms with van der Waals surface area (Å²) in [5, 5.41) is 6.32. The standard InChI is InChI=1S/C20H24ClN5O2S/c21-14-1-3-15(4-2-14)23-20(27)24-16-5-6-18-17(13-16)26(19(22)29-18)8-7-25-9-11-28-12-10-25/h1-6,13,19H,7-12,22H2,(H2,23,24,27). The van der Waals surface area contributed by atoms with E-state index in [1.807, 2.05) is 18.2 Å². The zero-order valence-electron chi connectivity index (χ0n) is 15.9. The summed E-state index contributed by atoms with van der Waals surface area (Å²) >= 11 is 7.52. The van der Waals surface area contributed by atoms with Crippen LogP contribution in [0.3, 0.4) is 0 Å². The van der Waals surface area contributed by atoms with Crippen molar-refractivity contribution in [3.8, 4) is 0 Å². The highest BCUT2D eigenvalue weighted by Crippen LogP contribution is 2.42. The quantitative estimate of drug-likeness (QED) is 0.669. The normalized spacial score (nSPS) is 19.1. The molecule has 0 radical (unpaired) electrons. The molecule has 0 aliphatic carbocycles. The van der Waals surface area contributed by atoms with Crippen molar-refractivity contribution >= 4 is 46.5 Å². The molecule has 154 valence electrons. The highest BCUT2D eigenvalue weighted by Gasteiger charge is 2.28. The molecule has 1 fully saturated rings. The number of nitrogens with zero attached hydrogens (tertiary/aromatic N) is 2. The van der Waals surface area contributed by atoms with Crippen molar-refractivity contribution in [1.29, 1.82) is 0 Å². The number of nitrogens with two attached hydrogens (primary N) is 1. The smallest absolute Gasteiger partial charge is 0.323 e. The van der Waals surface area contributed by atoms with Gasteiger partial charge in [0.25, 0.3) is 0 Å². The molecule has 0 aromatic heterocycles. The second kappa shape index (κ2) is 9.23. The number of rotatable bonds is 5. The lowest BCUT2D eigenvalue weighted by Gasteiger charge is -2.30. The highest BCUT2D eigenvalue weighted by molar-refractivity contribution is 8.00. The number of urea groups is 1. The zero-order chi connectivity index (χ0) is 20.2. The van der Waals surface area contributed by atoms with Gasteiger partial charge >= 0.3 is 6.03 Å². The molecule has 2 aliphatic rings. The van der Waals surface area contributed by atoms with E-state index < -0.39 is 0 Å². The van der Waals surface area contributed by atoms with Crippen LogP contribution in [0.15, 0.2) is 47.4 Å². The van der Waals surface area contributed by atoms with Gasteiger partial charge in [0.1, 0.15) is 5.50 Å². The van der Waals surface area contributed by atoms with E-state index in [2.05, 4.69) is 20.4 Å². The van der Waals surface area contributed by atoms with Crippen LogP contribution >= 0.6 is 23.4 Å². The molecular weight excluding hydrogens is 410 g/mol. The van der Waals surface area contributed by atoms with Gasteiger partial charge in [-0.05, 0) is 42.5 Å². The maximum Gasteiger partial charge on any atom is 0.323 e. The Morgan fingerprint density at radius 1 is 1.10 bits per heavy atom. The van der Waals surface area contributed by atoms with Crippen LogP contribution in [0.2, 0.25) is 5.02 Å². The Bertz CT molecular complexity index is 860. The van der Waals surface area contributed by atoms with E-state index in [9.17, 15) is 4.79 Å². The molecule has 0 bridgehead atoms. The lowest BCUT2D eigenvalue weighted by molar-refractivity contribution is 0.0391. The molecule has 2 aromatic rings. The summed E-state index contributed by atoms with van der Waals surface area (Å²) in [6, 6.07) is 12.6. The van der Waals surface area contributed by atoms with Crippen LogP contribution in [0.25, 0.3) is 0 Å².